The number of hydrogen-bond acceptors (Lipinski definition) is 6. The lowest BCUT2D eigenvalue weighted by atomic mass is 10.1. The zero-order chi connectivity index (χ0) is 17.5. The van der Waals surface area contributed by atoms with E-state index in [2.05, 4.69) is 5.32 Å². The molecule has 0 spiro atoms. The summed E-state index contributed by atoms with van der Waals surface area (Å²) in [6.45, 7) is 0. The first-order valence-electron chi connectivity index (χ1n) is 7.25. The number of anilines is 1. The lowest BCUT2D eigenvalue weighted by molar-refractivity contribution is -0.137. The Morgan fingerprint density at radius 1 is 1.00 bits per heavy atom. The van der Waals surface area contributed by atoms with Crippen molar-refractivity contribution >= 4 is 49.9 Å². The van der Waals surface area contributed by atoms with E-state index in [0.717, 1.165) is 10.8 Å². The lowest BCUT2D eigenvalue weighted by Gasteiger charge is -2.12. The number of nitrogens with two attached hydrogens (primary N) is 2. The predicted octanol–water partition coefficient (Wildman–Crippen LogP) is 1.90. The summed E-state index contributed by atoms with van der Waals surface area (Å²) >= 11 is 0. The average molecular weight is 365 g/mol. The number of fused-ring (bicyclic) bond motifs is 1. The van der Waals surface area contributed by atoms with E-state index < -0.39 is 18.1 Å². The summed E-state index contributed by atoms with van der Waals surface area (Å²) in [6.07, 6.45) is 0. The summed E-state index contributed by atoms with van der Waals surface area (Å²) in [5, 5.41) is 13.6. The molecule has 2 rings (SSSR count). The van der Waals surface area contributed by atoms with Crippen LogP contribution in [0.4, 0.5) is 5.69 Å². The number of carboxylic acids is 1. The van der Waals surface area contributed by atoms with Crippen LogP contribution in [0.1, 0.15) is 0 Å². The second kappa shape index (κ2) is 8.93. The van der Waals surface area contributed by atoms with Gasteiger partial charge in [-0.1, -0.05) is 51.9 Å². The Kier molecular flexibility index (Phi) is 6.92. The second-order valence-electron chi connectivity index (χ2n) is 5.17. The monoisotopic (exact) mass is 365 g/mol. The van der Waals surface area contributed by atoms with Gasteiger partial charge in [-0.25, -0.2) is 0 Å². The zero-order valence-corrected chi connectivity index (χ0v) is 14.5. The lowest BCUT2D eigenvalue weighted by Crippen LogP contribution is -2.37. The Labute approximate surface area is 147 Å². The summed E-state index contributed by atoms with van der Waals surface area (Å²) in [5.74, 6) is -0.683. The highest BCUT2D eigenvalue weighted by molar-refractivity contribution is 8.76. The summed E-state index contributed by atoms with van der Waals surface area (Å²) < 4.78 is 0. The standard InChI is InChI=1S/C16H19N3O3S2/c17-13(8-23-24-9-14(18)16(21)22)15(20)19-12-6-5-10-3-1-2-4-11(10)7-12/h1-7,13-14H,8-9,17-18H2,(H,19,20)(H,21,22)/t13-,14-/m0/s1. The fourth-order valence-electron chi connectivity index (χ4n) is 1.89. The predicted molar refractivity (Wildman–Crippen MR) is 101 cm³/mol. The Morgan fingerprint density at radius 2 is 1.62 bits per heavy atom. The van der Waals surface area contributed by atoms with Gasteiger partial charge >= 0.3 is 5.97 Å². The molecular formula is C16H19N3O3S2. The molecule has 0 heterocycles. The number of carbonyl (C=O) groups is 2. The zero-order valence-electron chi connectivity index (χ0n) is 12.8. The normalized spacial score (nSPS) is 13.4. The molecule has 0 bridgehead atoms. The van der Waals surface area contributed by atoms with Crippen LogP contribution in [0.5, 0.6) is 0 Å². The first kappa shape index (κ1) is 18.6. The van der Waals surface area contributed by atoms with Gasteiger partial charge < -0.3 is 21.9 Å². The maximum atomic E-state index is 12.1. The highest BCUT2D eigenvalue weighted by Crippen LogP contribution is 2.23. The van der Waals surface area contributed by atoms with Crippen LogP contribution >= 0.6 is 21.6 Å². The molecule has 0 aliphatic heterocycles. The molecule has 2 atom stereocenters. The van der Waals surface area contributed by atoms with E-state index in [1.165, 1.54) is 21.6 Å². The van der Waals surface area contributed by atoms with Crippen LogP contribution < -0.4 is 16.8 Å². The second-order valence-corrected chi connectivity index (χ2v) is 7.72. The van der Waals surface area contributed by atoms with Gasteiger partial charge in [-0.05, 0) is 22.9 Å². The van der Waals surface area contributed by atoms with E-state index in [1.54, 1.807) is 0 Å². The van der Waals surface area contributed by atoms with Crippen molar-refractivity contribution in [2.24, 2.45) is 11.5 Å². The van der Waals surface area contributed by atoms with Crippen molar-refractivity contribution in [3.8, 4) is 0 Å². The fraction of sp³-hybridized carbons (Fsp3) is 0.250. The van der Waals surface area contributed by atoms with Crippen LogP contribution in [0.15, 0.2) is 42.5 Å². The minimum absolute atomic E-state index is 0.263. The van der Waals surface area contributed by atoms with E-state index in [-0.39, 0.29) is 11.7 Å². The van der Waals surface area contributed by atoms with Crippen LogP contribution in [0, 0.1) is 0 Å². The van der Waals surface area contributed by atoms with Gasteiger partial charge in [0.05, 0.1) is 6.04 Å². The maximum absolute atomic E-state index is 12.1. The van der Waals surface area contributed by atoms with Crippen LogP contribution in [-0.2, 0) is 9.59 Å². The van der Waals surface area contributed by atoms with Gasteiger partial charge in [-0.3, -0.25) is 9.59 Å². The molecule has 8 heteroatoms. The molecule has 6 N–H and O–H groups in total. The van der Waals surface area contributed by atoms with Crippen molar-refractivity contribution in [3.05, 3.63) is 42.5 Å². The van der Waals surface area contributed by atoms with Gasteiger partial charge in [0.25, 0.3) is 0 Å². The molecule has 2 aromatic carbocycles. The molecule has 0 saturated heterocycles. The summed E-state index contributed by atoms with van der Waals surface area (Å²) in [7, 11) is 2.63. The molecule has 0 radical (unpaired) electrons. The molecule has 1 amide bonds. The highest BCUT2D eigenvalue weighted by atomic mass is 33.1. The van der Waals surface area contributed by atoms with Gasteiger partial charge in [0, 0.05) is 17.2 Å². The Hall–Kier alpha value is -1.74. The molecule has 24 heavy (non-hydrogen) atoms. The van der Waals surface area contributed by atoms with Crippen molar-refractivity contribution in [1.82, 2.24) is 0 Å². The molecular weight excluding hydrogens is 346 g/mol. The Balaban J connectivity index is 1.81. The van der Waals surface area contributed by atoms with Gasteiger partial charge in [0.2, 0.25) is 5.91 Å². The first-order chi connectivity index (χ1) is 11.5. The number of amides is 1. The molecule has 0 aliphatic carbocycles. The smallest absolute Gasteiger partial charge is 0.321 e. The van der Waals surface area contributed by atoms with Crippen LogP contribution in [0.25, 0.3) is 10.8 Å². The minimum Gasteiger partial charge on any atom is -0.480 e. The van der Waals surface area contributed by atoms with Gasteiger partial charge in [-0.15, -0.1) is 0 Å². The third kappa shape index (κ3) is 5.41. The fourth-order valence-corrected chi connectivity index (χ4v) is 4.13. The Morgan fingerprint density at radius 3 is 2.29 bits per heavy atom. The van der Waals surface area contributed by atoms with Gasteiger partial charge in [0.1, 0.15) is 6.04 Å². The number of hydrogen-bond donors (Lipinski definition) is 4. The van der Waals surface area contributed by atoms with Crippen molar-refractivity contribution in [3.63, 3.8) is 0 Å². The molecule has 0 fully saturated rings. The van der Waals surface area contributed by atoms with E-state index in [4.69, 9.17) is 16.6 Å². The largest absolute Gasteiger partial charge is 0.480 e. The van der Waals surface area contributed by atoms with Crippen LogP contribution in [-0.4, -0.2) is 40.6 Å². The molecule has 0 unspecified atom stereocenters. The summed E-state index contributed by atoms with van der Waals surface area (Å²) in [4.78, 5) is 22.7. The number of nitrogens with one attached hydrogen (secondary N) is 1. The number of rotatable bonds is 8. The van der Waals surface area contributed by atoms with Crippen molar-refractivity contribution in [2.45, 2.75) is 12.1 Å². The number of benzene rings is 2. The first-order valence-corrected chi connectivity index (χ1v) is 9.74. The van der Waals surface area contributed by atoms with E-state index >= 15 is 0 Å². The molecule has 128 valence electrons. The highest BCUT2D eigenvalue weighted by Gasteiger charge is 2.16. The average Bonchev–Trinajstić information content (AvgIpc) is 2.58. The third-order valence-electron chi connectivity index (χ3n) is 3.25. The van der Waals surface area contributed by atoms with Crippen molar-refractivity contribution in [2.75, 3.05) is 16.8 Å². The molecule has 0 saturated carbocycles. The van der Waals surface area contributed by atoms with Crippen LogP contribution in [0.3, 0.4) is 0 Å². The SMILES string of the molecule is N[C@@H](CSSC[C@H](N)C(=O)Nc1ccc2ccccc2c1)C(=O)O. The van der Waals surface area contributed by atoms with Crippen molar-refractivity contribution in [1.29, 1.82) is 0 Å². The van der Waals surface area contributed by atoms with Crippen molar-refractivity contribution < 1.29 is 14.7 Å². The molecule has 0 aliphatic rings. The molecule has 0 aromatic heterocycles. The number of carboxylic acid groups (broad SMARTS) is 1. The molecule has 2 aromatic rings. The number of carbonyl (C=O) groups excluding carboxylic acids is 1. The minimum atomic E-state index is -1.04. The molecule has 6 nitrogen and oxygen atoms in total. The topological polar surface area (TPSA) is 118 Å². The summed E-state index contributed by atoms with van der Waals surface area (Å²) in [6, 6.07) is 11.9. The summed E-state index contributed by atoms with van der Waals surface area (Å²) in [5.41, 5.74) is 12.0. The van der Waals surface area contributed by atoms with E-state index in [9.17, 15) is 9.59 Å². The van der Waals surface area contributed by atoms with Gasteiger partial charge in [-0.2, -0.15) is 0 Å². The maximum Gasteiger partial charge on any atom is 0.321 e. The van der Waals surface area contributed by atoms with E-state index in [0.29, 0.717) is 11.4 Å². The quantitative estimate of drug-likeness (QED) is 0.417. The Bertz CT molecular complexity index is 727. The van der Waals surface area contributed by atoms with Gasteiger partial charge in [0.15, 0.2) is 0 Å². The van der Waals surface area contributed by atoms with E-state index in [1.807, 2.05) is 42.5 Å². The van der Waals surface area contributed by atoms with Crippen LogP contribution in [0.2, 0.25) is 0 Å². The number of aliphatic carboxylic acids is 1. The third-order valence-corrected chi connectivity index (χ3v) is 5.72.